The summed E-state index contributed by atoms with van der Waals surface area (Å²) >= 11 is 9.30. The van der Waals surface area contributed by atoms with E-state index < -0.39 is 11.8 Å². The van der Waals surface area contributed by atoms with Crippen LogP contribution in [0.2, 0.25) is 5.02 Å². The summed E-state index contributed by atoms with van der Waals surface area (Å²) in [4.78, 5) is 16.4. The highest BCUT2D eigenvalue weighted by Crippen LogP contribution is 2.28. The van der Waals surface area contributed by atoms with Crippen LogP contribution in [0.3, 0.4) is 0 Å². The predicted molar refractivity (Wildman–Crippen MR) is 87.5 cm³/mol. The van der Waals surface area contributed by atoms with Gasteiger partial charge < -0.3 is 4.74 Å². The molecule has 0 aliphatic heterocycles. The van der Waals surface area contributed by atoms with Gasteiger partial charge in [-0.15, -0.1) is 0 Å². The lowest BCUT2D eigenvalue weighted by atomic mass is 10.2. The van der Waals surface area contributed by atoms with Crippen molar-refractivity contribution in [3.05, 3.63) is 51.5 Å². The standard InChI is InChI=1S/C15H10BrClFN3O2/c1-2-23-15(22)14-13-12(9(17)5-6-19-13)20-21(14)11-4-3-8(16)7-10(11)18/h3-7H,2H2,1H3. The minimum atomic E-state index is -0.646. The van der Waals surface area contributed by atoms with Crippen molar-refractivity contribution in [3.63, 3.8) is 0 Å². The summed E-state index contributed by atoms with van der Waals surface area (Å²) < 4.78 is 21.1. The zero-order valence-corrected chi connectivity index (χ0v) is 14.2. The molecular formula is C15H10BrClFN3O2. The highest BCUT2D eigenvalue weighted by molar-refractivity contribution is 9.10. The lowest BCUT2D eigenvalue weighted by molar-refractivity contribution is 0.0517. The van der Waals surface area contributed by atoms with Crippen LogP contribution < -0.4 is 0 Å². The third-order valence-corrected chi connectivity index (χ3v) is 3.92. The van der Waals surface area contributed by atoms with Gasteiger partial charge in [0, 0.05) is 10.7 Å². The maximum atomic E-state index is 14.3. The summed E-state index contributed by atoms with van der Waals surface area (Å²) in [7, 11) is 0. The molecule has 0 saturated heterocycles. The van der Waals surface area contributed by atoms with E-state index in [0.29, 0.717) is 15.0 Å². The summed E-state index contributed by atoms with van der Waals surface area (Å²) in [6.07, 6.45) is 1.46. The van der Waals surface area contributed by atoms with Gasteiger partial charge in [0.2, 0.25) is 0 Å². The van der Waals surface area contributed by atoms with Gasteiger partial charge in [-0.2, -0.15) is 5.10 Å². The first kappa shape index (κ1) is 15.9. The molecule has 23 heavy (non-hydrogen) atoms. The van der Waals surface area contributed by atoms with Gasteiger partial charge in [-0.1, -0.05) is 27.5 Å². The topological polar surface area (TPSA) is 57.0 Å². The third-order valence-electron chi connectivity index (χ3n) is 3.12. The summed E-state index contributed by atoms with van der Waals surface area (Å²) in [5, 5.41) is 4.56. The largest absolute Gasteiger partial charge is 0.461 e. The smallest absolute Gasteiger partial charge is 0.359 e. The van der Waals surface area contributed by atoms with Crippen LogP contribution in [0.4, 0.5) is 4.39 Å². The molecule has 0 unspecified atom stereocenters. The molecule has 2 aromatic heterocycles. The number of aromatic nitrogens is 3. The van der Waals surface area contributed by atoms with Crippen molar-refractivity contribution in [3.8, 4) is 5.69 Å². The molecule has 1 aromatic carbocycles. The number of ether oxygens (including phenoxy) is 1. The highest BCUT2D eigenvalue weighted by Gasteiger charge is 2.24. The zero-order chi connectivity index (χ0) is 16.6. The Balaban J connectivity index is 2.33. The molecule has 0 spiro atoms. The van der Waals surface area contributed by atoms with Gasteiger partial charge in [-0.25, -0.2) is 13.9 Å². The molecule has 3 aromatic rings. The van der Waals surface area contributed by atoms with E-state index in [0.717, 1.165) is 0 Å². The number of rotatable bonds is 3. The van der Waals surface area contributed by atoms with Crippen molar-refractivity contribution < 1.29 is 13.9 Å². The number of fused-ring (bicyclic) bond motifs is 1. The van der Waals surface area contributed by atoms with E-state index in [2.05, 4.69) is 26.0 Å². The first-order chi connectivity index (χ1) is 11.0. The monoisotopic (exact) mass is 397 g/mol. The van der Waals surface area contributed by atoms with Gasteiger partial charge in [0.1, 0.15) is 22.5 Å². The number of nitrogens with zero attached hydrogens (tertiary/aromatic N) is 3. The molecule has 0 atom stereocenters. The fourth-order valence-corrected chi connectivity index (χ4v) is 2.68. The maximum Gasteiger partial charge on any atom is 0.359 e. The molecule has 3 rings (SSSR count). The zero-order valence-electron chi connectivity index (χ0n) is 11.9. The van der Waals surface area contributed by atoms with E-state index >= 15 is 0 Å². The second kappa shape index (κ2) is 6.25. The number of pyridine rings is 1. The van der Waals surface area contributed by atoms with E-state index in [1.165, 1.54) is 23.0 Å². The van der Waals surface area contributed by atoms with Crippen molar-refractivity contribution >= 4 is 44.5 Å². The summed E-state index contributed by atoms with van der Waals surface area (Å²) in [6, 6.07) is 5.98. The lowest BCUT2D eigenvalue weighted by Crippen LogP contribution is -2.13. The second-order valence-electron chi connectivity index (χ2n) is 4.57. The molecule has 2 heterocycles. The van der Waals surface area contributed by atoms with E-state index in [4.69, 9.17) is 16.3 Å². The van der Waals surface area contributed by atoms with Crippen molar-refractivity contribution in [1.82, 2.24) is 14.8 Å². The Labute approximate surface area is 144 Å². The summed E-state index contributed by atoms with van der Waals surface area (Å²) in [6.45, 7) is 1.86. The molecule has 0 aliphatic carbocycles. The maximum absolute atomic E-state index is 14.3. The molecule has 0 radical (unpaired) electrons. The number of benzene rings is 1. The number of esters is 1. The molecule has 118 valence electrons. The minimum Gasteiger partial charge on any atom is -0.461 e. The highest BCUT2D eigenvalue weighted by atomic mass is 79.9. The molecule has 0 saturated carbocycles. The molecule has 0 amide bonds. The predicted octanol–water partition coefficient (Wildman–Crippen LogP) is 4.15. The van der Waals surface area contributed by atoms with Crippen LogP contribution in [0, 0.1) is 5.82 Å². The van der Waals surface area contributed by atoms with Crippen LogP contribution in [0.25, 0.3) is 16.7 Å². The van der Waals surface area contributed by atoms with Crippen molar-refractivity contribution in [1.29, 1.82) is 0 Å². The van der Waals surface area contributed by atoms with Gasteiger partial charge in [-0.3, -0.25) is 4.98 Å². The van der Waals surface area contributed by atoms with E-state index in [-0.39, 0.29) is 23.5 Å². The van der Waals surface area contributed by atoms with Gasteiger partial charge in [0.25, 0.3) is 0 Å². The van der Waals surface area contributed by atoms with Gasteiger partial charge in [-0.05, 0) is 31.2 Å². The van der Waals surface area contributed by atoms with Crippen LogP contribution in [0.5, 0.6) is 0 Å². The Morgan fingerprint density at radius 3 is 2.87 bits per heavy atom. The normalized spacial score (nSPS) is 11.0. The Bertz CT molecular complexity index is 913. The van der Waals surface area contributed by atoms with E-state index in [9.17, 15) is 9.18 Å². The number of carbonyl (C=O) groups excluding carboxylic acids is 1. The first-order valence-electron chi connectivity index (χ1n) is 6.68. The number of hydrogen-bond donors (Lipinski definition) is 0. The molecule has 0 aliphatic rings. The number of halogens is 3. The summed E-state index contributed by atoms with van der Waals surface area (Å²) in [5.74, 6) is -1.19. The van der Waals surface area contributed by atoms with E-state index in [1.54, 1.807) is 19.1 Å². The fraction of sp³-hybridized carbons (Fsp3) is 0.133. The Hall–Kier alpha value is -1.99. The van der Waals surface area contributed by atoms with Gasteiger partial charge in [0.05, 0.1) is 11.6 Å². The van der Waals surface area contributed by atoms with Crippen LogP contribution in [-0.4, -0.2) is 27.3 Å². The second-order valence-corrected chi connectivity index (χ2v) is 5.89. The lowest BCUT2D eigenvalue weighted by Gasteiger charge is -2.08. The molecule has 0 bridgehead atoms. The molecule has 0 N–H and O–H groups in total. The number of hydrogen-bond acceptors (Lipinski definition) is 4. The van der Waals surface area contributed by atoms with Crippen molar-refractivity contribution in [2.45, 2.75) is 6.92 Å². The van der Waals surface area contributed by atoms with Crippen molar-refractivity contribution in [2.24, 2.45) is 0 Å². The Morgan fingerprint density at radius 1 is 1.39 bits per heavy atom. The molecule has 5 nitrogen and oxygen atoms in total. The molecule has 8 heteroatoms. The molecule has 0 fully saturated rings. The van der Waals surface area contributed by atoms with Crippen LogP contribution in [-0.2, 0) is 4.74 Å². The Morgan fingerprint density at radius 2 is 2.17 bits per heavy atom. The Kier molecular flexibility index (Phi) is 4.32. The van der Waals surface area contributed by atoms with Gasteiger partial charge in [0.15, 0.2) is 5.69 Å². The first-order valence-corrected chi connectivity index (χ1v) is 7.85. The van der Waals surface area contributed by atoms with Crippen LogP contribution >= 0.6 is 27.5 Å². The third kappa shape index (κ3) is 2.82. The van der Waals surface area contributed by atoms with Crippen LogP contribution in [0.15, 0.2) is 34.9 Å². The average Bonchev–Trinajstić information content (AvgIpc) is 2.88. The van der Waals surface area contributed by atoms with Gasteiger partial charge >= 0.3 is 5.97 Å². The number of carbonyl (C=O) groups is 1. The SMILES string of the molecule is CCOC(=O)c1c2nccc(Cl)c2nn1-c1ccc(Br)cc1F. The molecular weight excluding hydrogens is 389 g/mol. The quantitative estimate of drug-likeness (QED) is 0.622. The minimum absolute atomic E-state index is 0.0329. The van der Waals surface area contributed by atoms with Crippen LogP contribution in [0.1, 0.15) is 17.4 Å². The average molecular weight is 399 g/mol. The fourth-order valence-electron chi connectivity index (χ4n) is 2.16. The van der Waals surface area contributed by atoms with E-state index in [1.807, 2.05) is 0 Å². The van der Waals surface area contributed by atoms with Crippen molar-refractivity contribution in [2.75, 3.05) is 6.61 Å². The summed E-state index contributed by atoms with van der Waals surface area (Å²) in [5.41, 5.74) is 0.702.